The highest BCUT2D eigenvalue weighted by Gasteiger charge is 2.13. The van der Waals surface area contributed by atoms with Crippen LogP contribution in [0.4, 0.5) is 5.69 Å². The number of hydrogen-bond donors (Lipinski definition) is 1. The first-order valence-corrected chi connectivity index (χ1v) is 6.90. The maximum absolute atomic E-state index is 5.37. The Morgan fingerprint density at radius 2 is 2.16 bits per heavy atom. The number of benzene rings is 1. The highest BCUT2D eigenvalue weighted by atomic mass is 79.9. The van der Waals surface area contributed by atoms with Crippen LogP contribution in [0.1, 0.15) is 24.2 Å². The molecule has 0 fully saturated rings. The normalized spacial score (nSPS) is 12.3. The fraction of sp³-hybridized carbons (Fsp3) is 0.357. The molecule has 0 bridgehead atoms. The Morgan fingerprint density at radius 1 is 1.42 bits per heavy atom. The van der Waals surface area contributed by atoms with Gasteiger partial charge in [0, 0.05) is 23.3 Å². The molecule has 1 unspecified atom stereocenters. The van der Waals surface area contributed by atoms with E-state index in [0.717, 1.165) is 21.6 Å². The molecular formula is C14H18BrN3O. The molecule has 0 radical (unpaired) electrons. The number of aromatic nitrogens is 2. The number of hydrogen-bond acceptors (Lipinski definition) is 3. The second kappa shape index (κ2) is 5.65. The number of nitrogens with one attached hydrogen (secondary N) is 1. The Bertz CT molecular complexity index is 580. The molecule has 1 aromatic carbocycles. The zero-order valence-corrected chi connectivity index (χ0v) is 13.2. The van der Waals surface area contributed by atoms with Crippen LogP contribution in [-0.4, -0.2) is 16.9 Å². The van der Waals surface area contributed by atoms with Gasteiger partial charge in [0.25, 0.3) is 0 Å². The quantitative estimate of drug-likeness (QED) is 0.933. The summed E-state index contributed by atoms with van der Waals surface area (Å²) in [4.78, 5) is 0. The van der Waals surface area contributed by atoms with E-state index >= 15 is 0 Å². The predicted octanol–water partition coefficient (Wildman–Crippen LogP) is 3.67. The lowest BCUT2D eigenvalue weighted by molar-refractivity contribution is 0.416. The summed E-state index contributed by atoms with van der Waals surface area (Å²) in [5.41, 5.74) is 3.19. The third kappa shape index (κ3) is 3.10. The van der Waals surface area contributed by atoms with Crippen molar-refractivity contribution in [3.63, 3.8) is 0 Å². The molecule has 1 heterocycles. The lowest BCUT2D eigenvalue weighted by Gasteiger charge is -2.17. The summed E-state index contributed by atoms with van der Waals surface area (Å²) in [6.07, 6.45) is 2.04. The summed E-state index contributed by atoms with van der Waals surface area (Å²) >= 11 is 3.48. The largest absolute Gasteiger partial charge is 0.495 e. The summed E-state index contributed by atoms with van der Waals surface area (Å²) in [6, 6.07) is 6.08. The van der Waals surface area contributed by atoms with Crippen LogP contribution in [-0.2, 0) is 7.05 Å². The average Bonchev–Trinajstić information content (AvgIpc) is 2.69. The maximum Gasteiger partial charge on any atom is 0.142 e. The van der Waals surface area contributed by atoms with Gasteiger partial charge in [-0.05, 0) is 32.0 Å². The molecule has 0 saturated carbocycles. The Kier molecular flexibility index (Phi) is 4.14. The molecule has 19 heavy (non-hydrogen) atoms. The van der Waals surface area contributed by atoms with E-state index in [2.05, 4.69) is 33.3 Å². The van der Waals surface area contributed by atoms with Crippen molar-refractivity contribution in [3.05, 3.63) is 40.1 Å². The number of aryl methyl sites for hydroxylation is 2. The van der Waals surface area contributed by atoms with E-state index in [9.17, 15) is 0 Å². The van der Waals surface area contributed by atoms with Crippen LogP contribution in [0.3, 0.4) is 0 Å². The van der Waals surface area contributed by atoms with Crippen LogP contribution in [0.25, 0.3) is 0 Å². The summed E-state index contributed by atoms with van der Waals surface area (Å²) in [6.45, 7) is 4.13. The smallest absolute Gasteiger partial charge is 0.142 e. The van der Waals surface area contributed by atoms with Crippen LogP contribution in [0.5, 0.6) is 5.75 Å². The van der Waals surface area contributed by atoms with Crippen molar-refractivity contribution in [1.29, 1.82) is 0 Å². The first-order valence-electron chi connectivity index (χ1n) is 6.11. The van der Waals surface area contributed by atoms with Gasteiger partial charge in [-0.25, -0.2) is 0 Å². The van der Waals surface area contributed by atoms with Crippen molar-refractivity contribution in [2.45, 2.75) is 19.9 Å². The zero-order valence-electron chi connectivity index (χ0n) is 11.6. The molecule has 1 aromatic heterocycles. The van der Waals surface area contributed by atoms with Crippen LogP contribution < -0.4 is 10.1 Å². The number of ether oxygens (including phenoxy) is 1. The minimum absolute atomic E-state index is 0.164. The molecule has 1 N–H and O–H groups in total. The monoisotopic (exact) mass is 323 g/mol. The summed E-state index contributed by atoms with van der Waals surface area (Å²) < 4.78 is 8.22. The van der Waals surface area contributed by atoms with Crippen molar-refractivity contribution < 1.29 is 4.74 Å². The Balaban J connectivity index is 2.25. The highest BCUT2D eigenvalue weighted by Crippen LogP contribution is 2.31. The van der Waals surface area contributed by atoms with E-state index in [4.69, 9.17) is 4.74 Å². The highest BCUT2D eigenvalue weighted by molar-refractivity contribution is 9.10. The minimum Gasteiger partial charge on any atom is -0.495 e. The molecule has 4 nitrogen and oxygen atoms in total. The molecular weight excluding hydrogens is 306 g/mol. The summed E-state index contributed by atoms with van der Waals surface area (Å²) in [5, 5.41) is 7.83. The van der Waals surface area contributed by atoms with Crippen LogP contribution in [0.2, 0.25) is 0 Å². The van der Waals surface area contributed by atoms with Crippen molar-refractivity contribution in [3.8, 4) is 5.75 Å². The Labute approximate surface area is 121 Å². The number of halogens is 1. The fourth-order valence-electron chi connectivity index (χ4n) is 2.15. The molecule has 0 amide bonds. The minimum atomic E-state index is 0.164. The lowest BCUT2D eigenvalue weighted by atomic mass is 10.1. The number of rotatable bonds is 4. The fourth-order valence-corrected chi connectivity index (χ4v) is 2.51. The van der Waals surface area contributed by atoms with Gasteiger partial charge < -0.3 is 10.1 Å². The van der Waals surface area contributed by atoms with Gasteiger partial charge in [0.1, 0.15) is 5.75 Å². The first-order chi connectivity index (χ1) is 9.01. The van der Waals surface area contributed by atoms with Gasteiger partial charge in [0.05, 0.1) is 24.5 Å². The number of nitrogens with zero attached hydrogens (tertiary/aromatic N) is 2. The van der Waals surface area contributed by atoms with Gasteiger partial charge in [-0.3, -0.25) is 4.68 Å². The third-order valence-corrected chi connectivity index (χ3v) is 3.54. The lowest BCUT2D eigenvalue weighted by Crippen LogP contribution is -2.08. The molecule has 5 heteroatoms. The topological polar surface area (TPSA) is 39.1 Å². The van der Waals surface area contributed by atoms with E-state index in [1.807, 2.05) is 43.0 Å². The molecule has 2 aromatic rings. The van der Waals surface area contributed by atoms with Crippen molar-refractivity contribution in [2.75, 3.05) is 12.4 Å². The van der Waals surface area contributed by atoms with E-state index in [-0.39, 0.29) is 6.04 Å². The van der Waals surface area contributed by atoms with Gasteiger partial charge in [-0.1, -0.05) is 15.9 Å². The van der Waals surface area contributed by atoms with E-state index in [0.29, 0.717) is 0 Å². The molecule has 0 aliphatic heterocycles. The van der Waals surface area contributed by atoms with Gasteiger partial charge in [-0.2, -0.15) is 5.10 Å². The van der Waals surface area contributed by atoms with E-state index < -0.39 is 0 Å². The number of anilines is 1. The van der Waals surface area contributed by atoms with Gasteiger partial charge >= 0.3 is 0 Å². The van der Waals surface area contributed by atoms with Gasteiger partial charge in [0.15, 0.2) is 0 Å². The Morgan fingerprint density at radius 3 is 2.74 bits per heavy atom. The summed E-state index contributed by atoms with van der Waals surface area (Å²) in [5.74, 6) is 0.830. The predicted molar refractivity (Wildman–Crippen MR) is 80.7 cm³/mol. The molecule has 0 saturated heterocycles. The molecule has 102 valence electrons. The van der Waals surface area contributed by atoms with Crippen LogP contribution >= 0.6 is 15.9 Å². The Hall–Kier alpha value is -1.49. The average molecular weight is 324 g/mol. The molecule has 1 atom stereocenters. The number of methoxy groups -OCH3 is 1. The van der Waals surface area contributed by atoms with Gasteiger partial charge in [0.2, 0.25) is 0 Å². The molecule has 2 rings (SSSR count). The second-order valence-corrected chi connectivity index (χ2v) is 5.47. The molecule has 0 aliphatic rings. The van der Waals surface area contributed by atoms with Crippen molar-refractivity contribution >= 4 is 21.6 Å². The zero-order chi connectivity index (χ0) is 14.0. The summed E-state index contributed by atoms with van der Waals surface area (Å²) in [7, 11) is 3.61. The maximum atomic E-state index is 5.37. The van der Waals surface area contributed by atoms with Crippen LogP contribution in [0.15, 0.2) is 28.9 Å². The van der Waals surface area contributed by atoms with E-state index in [1.165, 1.54) is 5.56 Å². The SMILES string of the molecule is COc1ccc(Br)cc1NC(C)c1cn(C)nc1C. The van der Waals surface area contributed by atoms with Gasteiger partial charge in [-0.15, -0.1) is 0 Å². The third-order valence-electron chi connectivity index (χ3n) is 3.05. The molecule has 0 aliphatic carbocycles. The first kappa shape index (κ1) is 13.9. The van der Waals surface area contributed by atoms with Crippen LogP contribution in [0, 0.1) is 6.92 Å². The van der Waals surface area contributed by atoms with Crippen molar-refractivity contribution in [2.24, 2.45) is 7.05 Å². The second-order valence-electron chi connectivity index (χ2n) is 4.55. The standard InChI is InChI=1S/C14H18BrN3O/c1-9(12-8-18(3)17-10(12)2)16-13-7-11(15)5-6-14(13)19-4/h5-9,16H,1-4H3. The molecule has 0 spiro atoms. The van der Waals surface area contributed by atoms with Crippen molar-refractivity contribution in [1.82, 2.24) is 9.78 Å². The van der Waals surface area contributed by atoms with E-state index in [1.54, 1.807) is 7.11 Å².